The number of sulfonamides is 1. The Labute approximate surface area is 153 Å². The fourth-order valence-electron chi connectivity index (χ4n) is 2.95. The van der Waals surface area contributed by atoms with Crippen molar-refractivity contribution in [3.05, 3.63) is 47.9 Å². The van der Waals surface area contributed by atoms with Crippen LogP contribution in [0.25, 0.3) is 0 Å². The molecule has 2 aromatic rings. The van der Waals surface area contributed by atoms with Gasteiger partial charge in [0.2, 0.25) is 16.0 Å². The van der Waals surface area contributed by atoms with E-state index < -0.39 is 32.6 Å². The molecular formula is C16H16F4N4O2S. The van der Waals surface area contributed by atoms with Crippen molar-refractivity contribution in [2.45, 2.75) is 11.1 Å². The molecule has 2 N–H and O–H groups in total. The summed E-state index contributed by atoms with van der Waals surface area (Å²) in [5.74, 6) is -0.219. The fraction of sp³-hybridized carbons (Fsp3) is 0.312. The number of alkyl halides is 3. The van der Waals surface area contributed by atoms with E-state index in [9.17, 15) is 26.0 Å². The Morgan fingerprint density at radius 2 is 1.63 bits per heavy atom. The summed E-state index contributed by atoms with van der Waals surface area (Å²) in [6.45, 7) is 1.14. The molecule has 11 heteroatoms. The minimum atomic E-state index is -4.74. The molecule has 1 fully saturated rings. The maximum atomic E-state index is 13.4. The van der Waals surface area contributed by atoms with Crippen LogP contribution in [-0.2, 0) is 16.2 Å². The molecule has 1 aliphatic rings. The molecule has 1 saturated heterocycles. The number of nitrogens with zero attached hydrogens (tertiary/aromatic N) is 3. The van der Waals surface area contributed by atoms with Gasteiger partial charge in [-0.1, -0.05) is 6.07 Å². The van der Waals surface area contributed by atoms with Crippen LogP contribution < -0.4 is 14.9 Å². The van der Waals surface area contributed by atoms with Crippen LogP contribution in [0.2, 0.25) is 0 Å². The number of halogens is 4. The van der Waals surface area contributed by atoms with E-state index in [2.05, 4.69) is 4.98 Å². The zero-order chi connectivity index (χ0) is 19.8. The average molecular weight is 404 g/mol. The lowest BCUT2D eigenvalue weighted by atomic mass is 10.1. The van der Waals surface area contributed by atoms with Gasteiger partial charge in [0.25, 0.3) is 0 Å². The Bertz CT molecular complexity index is 942. The number of benzene rings is 1. The molecule has 1 aromatic carbocycles. The highest BCUT2D eigenvalue weighted by molar-refractivity contribution is 7.89. The molecule has 3 rings (SSSR count). The standard InChI is InChI=1S/C16H16F4N4O2S/c17-14-2-1-3-15(22-14)24-8-6-23(7-9-24)13-5-4-11(27(21,25)26)10-12(13)16(18,19)20/h1-5,10H,6-9H2,(H2,21,25,26). The van der Waals surface area contributed by atoms with Gasteiger partial charge in [0.1, 0.15) is 5.82 Å². The number of pyridine rings is 1. The lowest BCUT2D eigenvalue weighted by molar-refractivity contribution is -0.137. The second kappa shape index (κ2) is 6.97. The van der Waals surface area contributed by atoms with Gasteiger partial charge in [0.15, 0.2) is 0 Å². The van der Waals surface area contributed by atoms with Crippen LogP contribution >= 0.6 is 0 Å². The van der Waals surface area contributed by atoms with E-state index in [1.165, 1.54) is 17.0 Å². The zero-order valence-corrected chi connectivity index (χ0v) is 14.8. The smallest absolute Gasteiger partial charge is 0.367 e. The van der Waals surface area contributed by atoms with Crippen LogP contribution in [0.1, 0.15) is 5.56 Å². The van der Waals surface area contributed by atoms with Crippen molar-refractivity contribution in [3.8, 4) is 0 Å². The summed E-state index contributed by atoms with van der Waals surface area (Å²) in [5.41, 5.74) is -1.19. The first-order valence-electron chi connectivity index (χ1n) is 7.92. The second-order valence-electron chi connectivity index (χ2n) is 6.01. The van der Waals surface area contributed by atoms with Gasteiger partial charge in [-0.3, -0.25) is 0 Å². The molecule has 6 nitrogen and oxygen atoms in total. The number of hydrogen-bond acceptors (Lipinski definition) is 5. The minimum Gasteiger partial charge on any atom is -0.367 e. The summed E-state index contributed by atoms with van der Waals surface area (Å²) in [6.07, 6.45) is -4.74. The van der Waals surface area contributed by atoms with Crippen LogP contribution in [0.4, 0.5) is 29.1 Å². The monoisotopic (exact) mass is 404 g/mol. The van der Waals surface area contributed by atoms with E-state index in [0.29, 0.717) is 25.0 Å². The third kappa shape index (κ3) is 4.30. The summed E-state index contributed by atoms with van der Waals surface area (Å²) >= 11 is 0. The van der Waals surface area contributed by atoms with Crippen molar-refractivity contribution < 1.29 is 26.0 Å². The van der Waals surface area contributed by atoms with Crippen molar-refractivity contribution in [1.82, 2.24) is 4.98 Å². The number of nitrogens with two attached hydrogens (primary N) is 1. The lowest BCUT2D eigenvalue weighted by Gasteiger charge is -2.37. The van der Waals surface area contributed by atoms with E-state index in [0.717, 1.165) is 12.1 Å². The van der Waals surface area contributed by atoms with Gasteiger partial charge in [-0.05, 0) is 30.3 Å². The molecule has 146 valence electrons. The van der Waals surface area contributed by atoms with Gasteiger partial charge in [0.05, 0.1) is 10.5 Å². The van der Waals surface area contributed by atoms with Crippen LogP contribution in [-0.4, -0.2) is 39.6 Å². The molecular weight excluding hydrogens is 388 g/mol. The number of aromatic nitrogens is 1. The Balaban J connectivity index is 1.85. The summed E-state index contributed by atoms with van der Waals surface area (Å²) < 4.78 is 76.3. The van der Waals surface area contributed by atoms with Crippen molar-refractivity contribution in [2.75, 3.05) is 36.0 Å². The Morgan fingerprint density at radius 3 is 2.19 bits per heavy atom. The molecule has 0 unspecified atom stereocenters. The Kier molecular flexibility index (Phi) is 5.00. The molecule has 0 amide bonds. The number of piperazine rings is 1. The van der Waals surface area contributed by atoms with Gasteiger partial charge < -0.3 is 9.80 Å². The molecule has 1 aromatic heterocycles. The average Bonchev–Trinajstić information content (AvgIpc) is 2.60. The van der Waals surface area contributed by atoms with Gasteiger partial charge in [-0.2, -0.15) is 17.6 Å². The molecule has 0 aliphatic carbocycles. The largest absolute Gasteiger partial charge is 0.418 e. The molecule has 0 atom stereocenters. The first-order valence-corrected chi connectivity index (χ1v) is 9.47. The van der Waals surface area contributed by atoms with Crippen LogP contribution in [0.3, 0.4) is 0 Å². The van der Waals surface area contributed by atoms with E-state index in [-0.39, 0.29) is 18.8 Å². The molecule has 0 saturated carbocycles. The molecule has 2 heterocycles. The highest BCUT2D eigenvalue weighted by atomic mass is 32.2. The minimum absolute atomic E-state index is 0.123. The van der Waals surface area contributed by atoms with Crippen molar-refractivity contribution in [1.29, 1.82) is 0 Å². The van der Waals surface area contributed by atoms with Crippen LogP contribution in [0.15, 0.2) is 41.3 Å². The molecule has 0 bridgehead atoms. The highest BCUT2D eigenvalue weighted by Crippen LogP contribution is 2.38. The first kappa shape index (κ1) is 19.4. The Hall–Kier alpha value is -2.40. The fourth-order valence-corrected chi connectivity index (χ4v) is 3.48. The SMILES string of the molecule is NS(=O)(=O)c1ccc(N2CCN(c3cccc(F)n3)CC2)c(C(F)(F)F)c1. The summed E-state index contributed by atoms with van der Waals surface area (Å²) in [7, 11) is -4.25. The molecule has 0 spiro atoms. The van der Waals surface area contributed by atoms with E-state index in [1.807, 2.05) is 0 Å². The maximum Gasteiger partial charge on any atom is 0.418 e. The summed E-state index contributed by atoms with van der Waals surface area (Å²) in [6, 6.07) is 7.06. The number of primary sulfonamides is 1. The van der Waals surface area contributed by atoms with Gasteiger partial charge >= 0.3 is 6.18 Å². The van der Waals surface area contributed by atoms with Crippen molar-refractivity contribution >= 4 is 21.5 Å². The van der Waals surface area contributed by atoms with Gasteiger partial charge in [-0.25, -0.2) is 18.5 Å². The summed E-state index contributed by atoms with van der Waals surface area (Å²) in [4.78, 5) is 6.45. The predicted octanol–water partition coefficient (Wildman–Crippen LogP) is 2.21. The third-order valence-electron chi connectivity index (χ3n) is 4.25. The second-order valence-corrected chi connectivity index (χ2v) is 7.58. The van der Waals surface area contributed by atoms with Crippen LogP contribution in [0, 0.1) is 5.95 Å². The van der Waals surface area contributed by atoms with Crippen LogP contribution in [0.5, 0.6) is 0 Å². The molecule has 0 radical (unpaired) electrons. The predicted molar refractivity (Wildman–Crippen MR) is 91.4 cm³/mol. The van der Waals surface area contributed by atoms with Crippen molar-refractivity contribution in [2.24, 2.45) is 5.14 Å². The van der Waals surface area contributed by atoms with E-state index in [4.69, 9.17) is 5.14 Å². The highest BCUT2D eigenvalue weighted by Gasteiger charge is 2.36. The van der Waals surface area contributed by atoms with E-state index >= 15 is 0 Å². The topological polar surface area (TPSA) is 79.5 Å². The van der Waals surface area contributed by atoms with Gasteiger partial charge in [0, 0.05) is 31.9 Å². The number of rotatable bonds is 3. The zero-order valence-electron chi connectivity index (χ0n) is 13.9. The quantitative estimate of drug-likeness (QED) is 0.627. The maximum absolute atomic E-state index is 13.4. The lowest BCUT2D eigenvalue weighted by Crippen LogP contribution is -2.47. The Morgan fingerprint density at radius 1 is 1.00 bits per heavy atom. The molecule has 27 heavy (non-hydrogen) atoms. The summed E-state index contributed by atoms with van der Waals surface area (Å²) in [5, 5.41) is 4.94. The van der Waals surface area contributed by atoms with Gasteiger partial charge in [-0.15, -0.1) is 0 Å². The normalized spacial score (nSPS) is 15.9. The van der Waals surface area contributed by atoms with E-state index in [1.54, 1.807) is 11.0 Å². The number of hydrogen-bond donors (Lipinski definition) is 1. The first-order chi connectivity index (χ1) is 12.6. The number of anilines is 2. The van der Waals surface area contributed by atoms with Crippen molar-refractivity contribution in [3.63, 3.8) is 0 Å². The third-order valence-corrected chi connectivity index (χ3v) is 5.16. The molecule has 1 aliphatic heterocycles.